The van der Waals surface area contributed by atoms with E-state index in [0.29, 0.717) is 11.0 Å². The maximum Gasteiger partial charge on any atom is 0.311 e. The van der Waals surface area contributed by atoms with Crippen LogP contribution >= 0.6 is 0 Å². The number of rotatable bonds is 2. The molecule has 0 spiro atoms. The summed E-state index contributed by atoms with van der Waals surface area (Å²) in [6, 6.07) is 9.70. The van der Waals surface area contributed by atoms with E-state index in [0.717, 1.165) is 0 Å². The number of pyridine rings is 2. The van der Waals surface area contributed by atoms with Crippen LogP contribution in [0.2, 0.25) is 0 Å². The number of hydrogen-bond donors (Lipinski definition) is 2. The lowest BCUT2D eigenvalue weighted by atomic mass is 9.96. The number of carboxylic acid groups (broad SMARTS) is 1. The van der Waals surface area contributed by atoms with Crippen molar-refractivity contribution in [3.8, 4) is 5.75 Å². The number of carboxylic acids is 1. The number of carbonyl (C=O) groups is 1. The Morgan fingerprint density at radius 2 is 1.86 bits per heavy atom. The molecule has 6 heteroatoms. The molecule has 2 heterocycles. The molecule has 1 atom stereocenters. The largest absolute Gasteiger partial charge is 1.00 e. The zero-order valence-corrected chi connectivity index (χ0v) is 12.4. The van der Waals surface area contributed by atoms with Crippen LogP contribution in [0.3, 0.4) is 0 Å². The Morgan fingerprint density at radius 3 is 2.55 bits per heavy atom. The average molecular weight is 322 g/mol. The normalized spacial score (nSPS) is 12.1. The van der Waals surface area contributed by atoms with Gasteiger partial charge in [-0.25, -0.2) is 4.39 Å². The third-order valence-electron chi connectivity index (χ3n) is 3.68. The highest BCUT2D eigenvalue weighted by atomic mass is 35.5. The zero-order chi connectivity index (χ0) is 15.1. The molecule has 0 fully saturated rings. The molecule has 3 aromatic rings. The van der Waals surface area contributed by atoms with E-state index < -0.39 is 17.7 Å². The first-order valence-corrected chi connectivity index (χ1v) is 6.48. The summed E-state index contributed by atoms with van der Waals surface area (Å²) in [6.07, 6.45) is 1.72. The van der Waals surface area contributed by atoms with Gasteiger partial charge in [-0.15, -0.1) is 0 Å². The van der Waals surface area contributed by atoms with Gasteiger partial charge in [-0.1, -0.05) is 6.07 Å². The Labute approximate surface area is 131 Å². The summed E-state index contributed by atoms with van der Waals surface area (Å²) in [5, 5.41) is 19.7. The van der Waals surface area contributed by atoms with Crippen LogP contribution in [0.1, 0.15) is 18.4 Å². The van der Waals surface area contributed by atoms with Gasteiger partial charge in [0.05, 0.1) is 11.5 Å². The van der Waals surface area contributed by atoms with Gasteiger partial charge in [0.15, 0.2) is 6.20 Å². The SMILES string of the molecule is CC(C(=O)O)c1c(O)c2c(F)cccc2[n+]2ccccc12.[Cl-]. The topological polar surface area (TPSA) is 61.6 Å². The molecular formula is C16H13ClFNO3. The van der Waals surface area contributed by atoms with E-state index in [1.54, 1.807) is 40.9 Å². The van der Waals surface area contributed by atoms with Gasteiger partial charge in [0, 0.05) is 18.2 Å². The highest BCUT2D eigenvalue weighted by molar-refractivity contribution is 5.90. The van der Waals surface area contributed by atoms with E-state index >= 15 is 0 Å². The molecule has 3 rings (SSSR count). The molecule has 0 saturated carbocycles. The maximum atomic E-state index is 14.1. The maximum absolute atomic E-state index is 14.1. The van der Waals surface area contributed by atoms with Crippen LogP contribution in [0.15, 0.2) is 42.6 Å². The number of aromatic nitrogens is 1. The Kier molecular flexibility index (Phi) is 4.19. The Morgan fingerprint density at radius 1 is 1.18 bits per heavy atom. The van der Waals surface area contributed by atoms with Crippen LogP contribution in [0, 0.1) is 5.82 Å². The highest BCUT2D eigenvalue weighted by Gasteiger charge is 2.29. The fourth-order valence-electron chi connectivity index (χ4n) is 2.63. The predicted molar refractivity (Wildman–Crippen MR) is 74.8 cm³/mol. The molecule has 1 aromatic carbocycles. The van der Waals surface area contributed by atoms with Crippen LogP contribution in [0.4, 0.5) is 4.39 Å². The molecule has 114 valence electrons. The second kappa shape index (κ2) is 5.77. The first-order valence-electron chi connectivity index (χ1n) is 6.48. The molecule has 4 nitrogen and oxygen atoms in total. The summed E-state index contributed by atoms with van der Waals surface area (Å²) < 4.78 is 15.8. The van der Waals surface area contributed by atoms with E-state index in [1.165, 1.54) is 13.0 Å². The van der Waals surface area contributed by atoms with Crippen molar-refractivity contribution in [3.63, 3.8) is 0 Å². The second-order valence-corrected chi connectivity index (χ2v) is 4.91. The fourth-order valence-corrected chi connectivity index (χ4v) is 2.63. The van der Waals surface area contributed by atoms with Gasteiger partial charge in [0.25, 0.3) is 0 Å². The van der Waals surface area contributed by atoms with Gasteiger partial charge >= 0.3 is 5.97 Å². The molecular weight excluding hydrogens is 309 g/mol. The molecule has 2 aromatic heterocycles. The lowest BCUT2D eigenvalue weighted by Crippen LogP contribution is -3.00. The summed E-state index contributed by atoms with van der Waals surface area (Å²) in [4.78, 5) is 11.3. The van der Waals surface area contributed by atoms with Crippen molar-refractivity contribution >= 4 is 22.4 Å². The molecule has 0 bridgehead atoms. The van der Waals surface area contributed by atoms with Gasteiger partial charge in [0.1, 0.15) is 17.0 Å². The van der Waals surface area contributed by atoms with Gasteiger partial charge < -0.3 is 22.6 Å². The lowest BCUT2D eigenvalue weighted by Gasteiger charge is -2.11. The number of halogens is 2. The number of fused-ring (bicyclic) bond motifs is 3. The minimum atomic E-state index is -1.08. The molecule has 0 amide bonds. The van der Waals surface area contributed by atoms with Crippen molar-refractivity contribution in [3.05, 3.63) is 54.0 Å². The summed E-state index contributed by atoms with van der Waals surface area (Å²) in [5.41, 5.74) is 1.24. The molecule has 1 unspecified atom stereocenters. The van der Waals surface area contributed by atoms with E-state index in [4.69, 9.17) is 0 Å². The number of nitrogens with zero attached hydrogens (tertiary/aromatic N) is 1. The average Bonchev–Trinajstić information content (AvgIpc) is 2.47. The standard InChI is InChI=1S/C16H12FNO3.ClH/c1-9(16(20)21)13-11-6-2-3-8-18(11)12-7-4-5-10(17)14(12)15(13)19;/h2-9H,1H3,(H,20,21);1H. The summed E-state index contributed by atoms with van der Waals surface area (Å²) >= 11 is 0. The smallest absolute Gasteiger partial charge is 0.311 e. The molecule has 0 radical (unpaired) electrons. The number of aliphatic carboxylic acids is 1. The second-order valence-electron chi connectivity index (χ2n) is 4.91. The molecule has 0 aliphatic heterocycles. The Hall–Kier alpha value is -2.40. The van der Waals surface area contributed by atoms with Gasteiger partial charge in [-0.2, -0.15) is 4.40 Å². The first-order chi connectivity index (χ1) is 10.0. The molecule has 0 saturated heterocycles. The minimum Gasteiger partial charge on any atom is -1.00 e. The van der Waals surface area contributed by atoms with E-state index in [-0.39, 0.29) is 29.1 Å². The quantitative estimate of drug-likeness (QED) is 0.499. The Bertz CT molecular complexity index is 882. The minimum absolute atomic E-state index is 0. The lowest BCUT2D eigenvalue weighted by molar-refractivity contribution is -0.482. The third kappa shape index (κ3) is 2.23. The van der Waals surface area contributed by atoms with Crippen molar-refractivity contribution in [1.82, 2.24) is 0 Å². The zero-order valence-electron chi connectivity index (χ0n) is 11.6. The number of aromatic hydroxyl groups is 1. The third-order valence-corrected chi connectivity index (χ3v) is 3.68. The number of hydrogen-bond acceptors (Lipinski definition) is 2. The fraction of sp³-hybridized carbons (Fsp3) is 0.125. The van der Waals surface area contributed by atoms with Crippen molar-refractivity contribution in [2.75, 3.05) is 0 Å². The van der Waals surface area contributed by atoms with Crippen molar-refractivity contribution in [1.29, 1.82) is 0 Å². The van der Waals surface area contributed by atoms with E-state index in [9.17, 15) is 19.4 Å². The van der Waals surface area contributed by atoms with Gasteiger partial charge in [-0.05, 0) is 19.1 Å². The highest BCUT2D eigenvalue weighted by Crippen LogP contribution is 2.35. The van der Waals surface area contributed by atoms with Gasteiger partial charge in [0.2, 0.25) is 11.0 Å². The molecule has 2 N–H and O–H groups in total. The van der Waals surface area contributed by atoms with E-state index in [2.05, 4.69) is 0 Å². The predicted octanol–water partition coefficient (Wildman–Crippen LogP) is -0.385. The van der Waals surface area contributed by atoms with Crippen LogP contribution in [0.25, 0.3) is 16.4 Å². The van der Waals surface area contributed by atoms with Crippen LogP contribution in [-0.2, 0) is 4.79 Å². The summed E-state index contributed by atoms with van der Waals surface area (Å²) in [5.74, 6) is -2.93. The summed E-state index contributed by atoms with van der Waals surface area (Å²) in [7, 11) is 0. The van der Waals surface area contributed by atoms with Crippen molar-refractivity contribution in [2.24, 2.45) is 0 Å². The monoisotopic (exact) mass is 321 g/mol. The molecule has 0 aliphatic rings. The van der Waals surface area contributed by atoms with Crippen LogP contribution in [-0.4, -0.2) is 16.2 Å². The van der Waals surface area contributed by atoms with Crippen LogP contribution in [0.5, 0.6) is 5.75 Å². The van der Waals surface area contributed by atoms with Crippen molar-refractivity contribution < 1.29 is 36.2 Å². The number of benzene rings is 1. The summed E-state index contributed by atoms with van der Waals surface area (Å²) in [6.45, 7) is 1.47. The van der Waals surface area contributed by atoms with Crippen molar-refractivity contribution in [2.45, 2.75) is 12.8 Å². The Balaban J connectivity index is 0.00000176. The van der Waals surface area contributed by atoms with Crippen LogP contribution < -0.4 is 16.8 Å². The molecule has 0 aliphatic carbocycles. The molecule has 22 heavy (non-hydrogen) atoms. The van der Waals surface area contributed by atoms with E-state index in [1.807, 2.05) is 0 Å². The first kappa shape index (κ1) is 16.0. The van der Waals surface area contributed by atoms with Gasteiger partial charge in [-0.3, -0.25) is 4.79 Å².